The Hall–Kier alpha value is -2.36. The molecule has 0 amide bonds. The summed E-state index contributed by atoms with van der Waals surface area (Å²) in [4.78, 5) is 0. The lowest BCUT2D eigenvalue weighted by Crippen LogP contribution is -2.61. The Bertz CT molecular complexity index is 1040. The molecule has 0 radical (unpaired) electrons. The summed E-state index contributed by atoms with van der Waals surface area (Å²) in [6.07, 6.45) is -3.53. The minimum Gasteiger partial charge on any atom is -0.415 e. The second kappa shape index (κ2) is 13.4. The number of hydrogen-bond acceptors (Lipinski definition) is 6. The minimum atomic E-state index is -1.84. The Kier molecular flexibility index (Phi) is 10.0. The highest BCUT2D eigenvalue weighted by Gasteiger charge is 2.48. The van der Waals surface area contributed by atoms with E-state index in [9.17, 15) is 5.11 Å². The van der Waals surface area contributed by atoms with Crippen molar-refractivity contribution in [1.82, 2.24) is 0 Å². The summed E-state index contributed by atoms with van der Waals surface area (Å²) < 4.78 is 31.5. The van der Waals surface area contributed by atoms with Crippen LogP contribution >= 0.6 is 0 Å². The summed E-state index contributed by atoms with van der Waals surface area (Å²) in [5.41, 5.74) is 3.08. The average molecular weight is 523 g/mol. The summed E-state index contributed by atoms with van der Waals surface area (Å²) in [5.74, 6) is 0. The lowest BCUT2D eigenvalue weighted by atomic mass is 9.98. The molecule has 0 aromatic heterocycles. The third kappa shape index (κ3) is 8.58. The van der Waals surface area contributed by atoms with Gasteiger partial charge in [0.1, 0.15) is 24.4 Å². The van der Waals surface area contributed by atoms with E-state index in [0.717, 1.165) is 16.7 Å². The summed E-state index contributed by atoms with van der Waals surface area (Å²) in [5, 5.41) is 11.1. The lowest BCUT2D eigenvalue weighted by Gasteiger charge is -2.45. The molecule has 198 valence electrons. The molecule has 1 heterocycles. The highest BCUT2D eigenvalue weighted by atomic mass is 28.4. The summed E-state index contributed by atoms with van der Waals surface area (Å²) >= 11 is 0. The second-order valence-electron chi connectivity index (χ2n) is 10.3. The maximum Gasteiger partial charge on any atom is 0.184 e. The number of ether oxygens (including phenoxy) is 4. The van der Waals surface area contributed by atoms with Crippen molar-refractivity contribution in [1.29, 1.82) is 0 Å². The van der Waals surface area contributed by atoms with Gasteiger partial charge in [-0.05, 0) is 36.3 Å². The van der Waals surface area contributed by atoms with Gasteiger partial charge in [0.25, 0.3) is 0 Å². The fourth-order valence-electron chi connectivity index (χ4n) is 4.23. The SMILES string of the molecule is C[Si](C)(C)OC[C@H]1O[C@H](O)[C@H](OCc2ccccc2)[C@@H](OCc2ccccc2)[C@@H]1OCc1ccccc1. The predicted molar refractivity (Wildman–Crippen MR) is 145 cm³/mol. The van der Waals surface area contributed by atoms with Gasteiger partial charge in [-0.15, -0.1) is 0 Å². The van der Waals surface area contributed by atoms with Gasteiger partial charge in [0.15, 0.2) is 14.6 Å². The number of aliphatic hydroxyl groups excluding tert-OH is 1. The zero-order chi connectivity index (χ0) is 26.1. The van der Waals surface area contributed by atoms with Crippen LogP contribution in [0.4, 0.5) is 0 Å². The minimum absolute atomic E-state index is 0.308. The first-order valence-electron chi connectivity index (χ1n) is 12.8. The van der Waals surface area contributed by atoms with Gasteiger partial charge in [0.05, 0.1) is 26.4 Å². The number of hydrogen-bond donors (Lipinski definition) is 1. The van der Waals surface area contributed by atoms with Crippen molar-refractivity contribution in [2.45, 2.75) is 70.2 Å². The zero-order valence-electron chi connectivity index (χ0n) is 21.9. The van der Waals surface area contributed by atoms with Crippen LogP contribution in [0, 0.1) is 0 Å². The molecule has 7 heteroatoms. The van der Waals surface area contributed by atoms with Crippen LogP contribution in [0.3, 0.4) is 0 Å². The van der Waals surface area contributed by atoms with Gasteiger partial charge in [0.2, 0.25) is 0 Å². The Labute approximate surface area is 221 Å². The number of aliphatic hydroxyl groups is 1. The molecule has 0 unspecified atom stereocenters. The van der Waals surface area contributed by atoms with Crippen molar-refractivity contribution in [2.24, 2.45) is 0 Å². The molecule has 37 heavy (non-hydrogen) atoms. The molecule has 1 fully saturated rings. The van der Waals surface area contributed by atoms with Crippen molar-refractivity contribution < 1.29 is 28.5 Å². The molecular weight excluding hydrogens is 484 g/mol. The summed E-state index contributed by atoms with van der Waals surface area (Å²) in [6, 6.07) is 29.8. The first kappa shape index (κ1) is 27.7. The molecular formula is C30H38O6Si. The van der Waals surface area contributed by atoms with Gasteiger partial charge in [0, 0.05) is 0 Å². The molecule has 5 atom stereocenters. The van der Waals surface area contributed by atoms with Gasteiger partial charge in [-0.3, -0.25) is 0 Å². The van der Waals surface area contributed by atoms with E-state index in [4.69, 9.17) is 23.4 Å². The van der Waals surface area contributed by atoms with Gasteiger partial charge >= 0.3 is 0 Å². The first-order valence-corrected chi connectivity index (χ1v) is 16.2. The molecule has 3 aromatic rings. The molecule has 0 spiro atoms. The standard InChI is InChI=1S/C30H38O6Si/c1-37(2,3)35-22-26-27(32-19-23-13-7-4-8-14-23)28(33-20-24-15-9-5-10-16-24)29(30(31)36-26)34-21-25-17-11-6-12-18-25/h4-18,26-31H,19-22H2,1-3H3/t26-,27-,28+,29-,30+/m1/s1. The second-order valence-corrected chi connectivity index (χ2v) is 14.8. The van der Waals surface area contributed by atoms with Crippen LogP contribution in [0.2, 0.25) is 19.6 Å². The van der Waals surface area contributed by atoms with Crippen molar-refractivity contribution in [3.05, 3.63) is 108 Å². The molecule has 1 N–H and O–H groups in total. The number of rotatable bonds is 12. The Morgan fingerprint density at radius 2 is 1.03 bits per heavy atom. The van der Waals surface area contributed by atoms with Gasteiger partial charge in [-0.1, -0.05) is 91.0 Å². The van der Waals surface area contributed by atoms with Gasteiger partial charge in [-0.2, -0.15) is 0 Å². The molecule has 0 saturated carbocycles. The maximum atomic E-state index is 11.1. The van der Waals surface area contributed by atoms with Crippen LogP contribution in [0.5, 0.6) is 0 Å². The largest absolute Gasteiger partial charge is 0.415 e. The van der Waals surface area contributed by atoms with E-state index in [0.29, 0.717) is 26.4 Å². The van der Waals surface area contributed by atoms with Gasteiger partial charge in [-0.25, -0.2) is 0 Å². The van der Waals surface area contributed by atoms with E-state index in [1.165, 1.54) is 0 Å². The molecule has 0 aliphatic carbocycles. The van der Waals surface area contributed by atoms with Crippen molar-refractivity contribution in [3.63, 3.8) is 0 Å². The smallest absolute Gasteiger partial charge is 0.184 e. The van der Waals surface area contributed by atoms with E-state index >= 15 is 0 Å². The molecule has 4 rings (SSSR count). The summed E-state index contributed by atoms with van der Waals surface area (Å²) in [6.45, 7) is 7.74. The average Bonchev–Trinajstić information content (AvgIpc) is 2.90. The van der Waals surface area contributed by atoms with E-state index in [2.05, 4.69) is 19.6 Å². The molecule has 1 aliphatic rings. The highest BCUT2D eigenvalue weighted by molar-refractivity contribution is 6.69. The number of benzene rings is 3. The maximum absolute atomic E-state index is 11.1. The molecule has 1 saturated heterocycles. The van der Waals surface area contributed by atoms with E-state index in [-0.39, 0.29) is 0 Å². The fourth-order valence-corrected chi connectivity index (χ4v) is 4.89. The highest BCUT2D eigenvalue weighted by Crippen LogP contribution is 2.30. The topological polar surface area (TPSA) is 66.4 Å². The third-order valence-corrected chi connectivity index (χ3v) is 7.18. The van der Waals surface area contributed by atoms with Crippen LogP contribution in [0.15, 0.2) is 91.0 Å². The van der Waals surface area contributed by atoms with Gasteiger partial charge < -0.3 is 28.5 Å². The zero-order valence-corrected chi connectivity index (χ0v) is 22.9. The fraction of sp³-hybridized carbons (Fsp3) is 0.400. The van der Waals surface area contributed by atoms with E-state index < -0.39 is 39.0 Å². The van der Waals surface area contributed by atoms with Crippen LogP contribution in [-0.4, -0.2) is 50.7 Å². The van der Waals surface area contributed by atoms with Crippen molar-refractivity contribution in [2.75, 3.05) is 6.61 Å². The molecule has 0 bridgehead atoms. The van der Waals surface area contributed by atoms with Crippen molar-refractivity contribution in [3.8, 4) is 0 Å². The molecule has 3 aromatic carbocycles. The Morgan fingerprint density at radius 3 is 1.46 bits per heavy atom. The molecule has 1 aliphatic heterocycles. The quantitative estimate of drug-likeness (QED) is 0.325. The van der Waals surface area contributed by atoms with Crippen LogP contribution in [0.25, 0.3) is 0 Å². The lowest BCUT2D eigenvalue weighted by molar-refractivity contribution is -0.314. The van der Waals surface area contributed by atoms with E-state index in [1.807, 2.05) is 91.0 Å². The summed E-state index contributed by atoms with van der Waals surface area (Å²) in [7, 11) is -1.84. The molecule has 6 nitrogen and oxygen atoms in total. The van der Waals surface area contributed by atoms with Crippen LogP contribution < -0.4 is 0 Å². The normalized spacial score (nSPS) is 24.2. The van der Waals surface area contributed by atoms with Crippen LogP contribution in [0.1, 0.15) is 16.7 Å². The Balaban J connectivity index is 1.57. The Morgan fingerprint density at radius 1 is 0.622 bits per heavy atom. The van der Waals surface area contributed by atoms with Crippen LogP contribution in [-0.2, 0) is 43.2 Å². The third-order valence-electron chi connectivity index (χ3n) is 6.15. The first-order chi connectivity index (χ1) is 17.9. The van der Waals surface area contributed by atoms with E-state index in [1.54, 1.807) is 0 Å². The predicted octanol–water partition coefficient (Wildman–Crippen LogP) is 5.31. The van der Waals surface area contributed by atoms with Crippen molar-refractivity contribution >= 4 is 8.32 Å². The monoisotopic (exact) mass is 522 g/mol.